The smallest absolute Gasteiger partial charge is 0.180 e. The van der Waals surface area contributed by atoms with E-state index in [0.717, 1.165) is 28.0 Å². The molecule has 0 saturated carbocycles. The van der Waals surface area contributed by atoms with Crippen LogP contribution in [0.25, 0.3) is 22.5 Å². The number of hydrogen-bond donors (Lipinski definition) is 1. The van der Waals surface area contributed by atoms with E-state index in [0.29, 0.717) is 11.6 Å². The molecule has 0 aliphatic rings. The van der Waals surface area contributed by atoms with E-state index in [1.54, 1.807) is 25.7 Å². The van der Waals surface area contributed by atoms with Crippen molar-refractivity contribution in [3.05, 3.63) is 42.4 Å². The third-order valence-electron chi connectivity index (χ3n) is 3.20. The van der Waals surface area contributed by atoms with Gasteiger partial charge in [0.2, 0.25) is 0 Å². The van der Waals surface area contributed by atoms with Crippen LogP contribution in [0.2, 0.25) is 0 Å². The van der Waals surface area contributed by atoms with Gasteiger partial charge in [0.15, 0.2) is 11.6 Å². The summed E-state index contributed by atoms with van der Waals surface area (Å²) in [6.45, 7) is 1.98. The van der Waals surface area contributed by atoms with E-state index in [-0.39, 0.29) is 0 Å². The van der Waals surface area contributed by atoms with Crippen molar-refractivity contribution in [2.75, 3.05) is 12.8 Å². The number of benzene rings is 1. The van der Waals surface area contributed by atoms with Crippen LogP contribution >= 0.6 is 0 Å². The molecule has 0 bridgehead atoms. The number of nitrogen functional groups attached to an aromatic ring is 1. The molecule has 20 heavy (non-hydrogen) atoms. The van der Waals surface area contributed by atoms with E-state index in [1.807, 2.05) is 25.1 Å². The third-order valence-corrected chi connectivity index (χ3v) is 3.20. The van der Waals surface area contributed by atoms with Gasteiger partial charge in [-0.1, -0.05) is 17.3 Å². The van der Waals surface area contributed by atoms with E-state index >= 15 is 0 Å². The highest BCUT2D eigenvalue weighted by atomic mass is 16.5. The Kier molecular flexibility index (Phi) is 2.95. The van der Waals surface area contributed by atoms with Gasteiger partial charge in [0, 0.05) is 0 Å². The van der Waals surface area contributed by atoms with Gasteiger partial charge in [-0.15, -0.1) is 0 Å². The molecule has 0 atom stereocenters. The van der Waals surface area contributed by atoms with Gasteiger partial charge in [0.25, 0.3) is 0 Å². The van der Waals surface area contributed by atoms with Gasteiger partial charge in [-0.05, 0) is 30.2 Å². The summed E-state index contributed by atoms with van der Waals surface area (Å²) < 4.78 is 15.7. The number of rotatable bonds is 3. The van der Waals surface area contributed by atoms with Crippen molar-refractivity contribution in [3.63, 3.8) is 0 Å². The number of methoxy groups -OCH3 is 1. The van der Waals surface area contributed by atoms with Gasteiger partial charge < -0.3 is 19.4 Å². The van der Waals surface area contributed by atoms with Crippen LogP contribution in [0, 0.1) is 6.92 Å². The highest BCUT2D eigenvalue weighted by Crippen LogP contribution is 2.38. The molecule has 5 nitrogen and oxygen atoms in total. The van der Waals surface area contributed by atoms with Crippen LogP contribution in [0.15, 0.2) is 45.7 Å². The number of nitrogens with two attached hydrogens (primary N) is 1. The molecule has 0 aliphatic carbocycles. The van der Waals surface area contributed by atoms with Gasteiger partial charge in [-0.3, -0.25) is 0 Å². The summed E-state index contributed by atoms with van der Waals surface area (Å²) in [5.74, 6) is 1.72. The lowest BCUT2D eigenvalue weighted by atomic mass is 10.0. The normalized spacial score (nSPS) is 10.7. The number of aryl methyl sites for hydroxylation is 1. The fourth-order valence-corrected chi connectivity index (χ4v) is 2.15. The highest BCUT2D eigenvalue weighted by Gasteiger charge is 2.19. The Morgan fingerprint density at radius 1 is 1.20 bits per heavy atom. The second-order valence-corrected chi connectivity index (χ2v) is 4.47. The van der Waals surface area contributed by atoms with Gasteiger partial charge in [0.1, 0.15) is 12.0 Å². The number of aromatic nitrogens is 1. The zero-order chi connectivity index (χ0) is 14.1. The molecule has 0 radical (unpaired) electrons. The lowest BCUT2D eigenvalue weighted by molar-refractivity contribution is 0.412. The summed E-state index contributed by atoms with van der Waals surface area (Å²) in [5, 5.41) is 3.85. The molecular formula is C15H14N2O3. The van der Waals surface area contributed by atoms with Crippen LogP contribution < -0.4 is 10.5 Å². The van der Waals surface area contributed by atoms with Crippen molar-refractivity contribution in [2.45, 2.75) is 6.92 Å². The Morgan fingerprint density at radius 2 is 2.05 bits per heavy atom. The predicted molar refractivity (Wildman–Crippen MR) is 75.3 cm³/mol. The predicted octanol–water partition coefficient (Wildman–Crippen LogP) is 3.50. The Balaban J connectivity index is 2.17. The number of furan rings is 1. The molecular weight excluding hydrogens is 256 g/mol. The molecule has 2 aromatic heterocycles. The van der Waals surface area contributed by atoms with Crippen molar-refractivity contribution >= 4 is 5.82 Å². The summed E-state index contributed by atoms with van der Waals surface area (Å²) in [6.07, 6.45) is 3.17. The average Bonchev–Trinajstić information content (AvgIpc) is 3.08. The van der Waals surface area contributed by atoms with Gasteiger partial charge in [-0.2, -0.15) is 0 Å². The van der Waals surface area contributed by atoms with E-state index in [1.165, 1.54) is 0 Å². The first kappa shape index (κ1) is 12.3. The molecule has 102 valence electrons. The third kappa shape index (κ3) is 1.93. The molecule has 0 aliphatic heterocycles. The molecule has 3 aromatic rings. The van der Waals surface area contributed by atoms with Crippen molar-refractivity contribution in [3.8, 4) is 28.2 Å². The topological polar surface area (TPSA) is 74.4 Å². The zero-order valence-electron chi connectivity index (χ0n) is 11.2. The quantitative estimate of drug-likeness (QED) is 0.788. The summed E-state index contributed by atoms with van der Waals surface area (Å²) in [7, 11) is 1.64. The first-order chi connectivity index (χ1) is 9.70. The van der Waals surface area contributed by atoms with Crippen LogP contribution in [-0.4, -0.2) is 12.3 Å². The molecule has 0 amide bonds. The fourth-order valence-electron chi connectivity index (χ4n) is 2.15. The molecule has 1 aromatic carbocycles. The minimum Gasteiger partial charge on any atom is -0.496 e. The maximum Gasteiger partial charge on any atom is 0.180 e. The van der Waals surface area contributed by atoms with Gasteiger partial charge in [-0.25, -0.2) is 0 Å². The number of anilines is 1. The number of ether oxygens (including phenoxy) is 1. The lowest BCUT2D eigenvalue weighted by Crippen LogP contribution is -1.91. The van der Waals surface area contributed by atoms with Crippen molar-refractivity contribution in [1.29, 1.82) is 0 Å². The summed E-state index contributed by atoms with van der Waals surface area (Å²) >= 11 is 0. The summed E-state index contributed by atoms with van der Waals surface area (Å²) in [4.78, 5) is 0. The standard InChI is InChI=1S/C15H14N2O3/c1-9-3-4-10(7-12(9)18-2)13-14(20-17-15(13)16)11-5-6-19-8-11/h3-8H,1-2H3,(H2,16,17). The highest BCUT2D eigenvalue weighted by molar-refractivity contribution is 5.86. The first-order valence-electron chi connectivity index (χ1n) is 6.13. The summed E-state index contributed by atoms with van der Waals surface area (Å²) in [6, 6.07) is 7.65. The maximum atomic E-state index is 5.93. The largest absolute Gasteiger partial charge is 0.496 e. The Bertz CT molecular complexity index is 730. The van der Waals surface area contributed by atoms with Crippen LogP contribution in [0.3, 0.4) is 0 Å². The zero-order valence-corrected chi connectivity index (χ0v) is 11.2. The summed E-state index contributed by atoms with van der Waals surface area (Å²) in [5.41, 5.74) is 9.41. The first-order valence-corrected chi connectivity index (χ1v) is 6.13. The molecule has 0 spiro atoms. The van der Waals surface area contributed by atoms with E-state index in [2.05, 4.69) is 5.16 Å². The van der Waals surface area contributed by atoms with Crippen molar-refractivity contribution in [2.24, 2.45) is 0 Å². The monoisotopic (exact) mass is 270 g/mol. The molecule has 0 unspecified atom stereocenters. The minimum absolute atomic E-state index is 0.340. The molecule has 2 N–H and O–H groups in total. The van der Waals surface area contributed by atoms with Crippen LogP contribution in [0.1, 0.15) is 5.56 Å². The second kappa shape index (κ2) is 4.77. The Morgan fingerprint density at radius 3 is 2.75 bits per heavy atom. The van der Waals surface area contributed by atoms with Gasteiger partial charge in [0.05, 0.1) is 24.5 Å². The maximum absolute atomic E-state index is 5.93. The average molecular weight is 270 g/mol. The number of nitrogens with zero attached hydrogens (tertiary/aromatic N) is 1. The van der Waals surface area contributed by atoms with Crippen molar-refractivity contribution in [1.82, 2.24) is 5.16 Å². The molecule has 3 rings (SSSR count). The number of hydrogen-bond acceptors (Lipinski definition) is 5. The van der Waals surface area contributed by atoms with Crippen LogP contribution in [0.4, 0.5) is 5.82 Å². The Hall–Kier alpha value is -2.69. The fraction of sp³-hybridized carbons (Fsp3) is 0.133. The van der Waals surface area contributed by atoms with E-state index in [4.69, 9.17) is 19.4 Å². The van der Waals surface area contributed by atoms with E-state index < -0.39 is 0 Å². The SMILES string of the molecule is COc1cc(-c2c(N)noc2-c2ccoc2)ccc1C. The molecule has 0 saturated heterocycles. The van der Waals surface area contributed by atoms with Crippen LogP contribution in [-0.2, 0) is 0 Å². The van der Waals surface area contributed by atoms with E-state index in [9.17, 15) is 0 Å². The molecule has 2 heterocycles. The van der Waals surface area contributed by atoms with Gasteiger partial charge >= 0.3 is 0 Å². The lowest BCUT2D eigenvalue weighted by Gasteiger charge is -2.07. The molecule has 5 heteroatoms. The second-order valence-electron chi connectivity index (χ2n) is 4.47. The Labute approximate surface area is 115 Å². The minimum atomic E-state index is 0.340. The van der Waals surface area contributed by atoms with Crippen LogP contribution in [0.5, 0.6) is 5.75 Å². The van der Waals surface area contributed by atoms with Crippen molar-refractivity contribution < 1.29 is 13.7 Å². The molecule has 0 fully saturated rings.